The quantitative estimate of drug-likeness (QED) is 0.371. The lowest BCUT2D eigenvalue weighted by Gasteiger charge is -2.23. The lowest BCUT2D eigenvalue weighted by Crippen LogP contribution is -2.39. The van der Waals surface area contributed by atoms with E-state index in [-0.39, 0.29) is 11.4 Å². The number of nitrogens with one attached hydrogen (secondary N) is 1. The van der Waals surface area contributed by atoms with Gasteiger partial charge in [-0.05, 0) is 45.8 Å². The van der Waals surface area contributed by atoms with E-state index in [9.17, 15) is 13.2 Å². The van der Waals surface area contributed by atoms with Gasteiger partial charge in [0.15, 0.2) is 11.5 Å². The molecule has 0 fully saturated rings. The number of hydrogen-bond donors (Lipinski definition) is 1. The summed E-state index contributed by atoms with van der Waals surface area (Å²) >= 11 is 3.38. The van der Waals surface area contributed by atoms with Crippen LogP contribution in [0.3, 0.4) is 0 Å². The zero-order chi connectivity index (χ0) is 23.9. The molecule has 0 unspecified atom stereocenters. The number of benzene rings is 2. The number of amides is 1. The molecule has 10 nitrogen and oxygen atoms in total. The van der Waals surface area contributed by atoms with Crippen molar-refractivity contribution in [2.75, 3.05) is 45.5 Å². The van der Waals surface area contributed by atoms with E-state index < -0.39 is 22.5 Å². The number of anilines is 1. The summed E-state index contributed by atoms with van der Waals surface area (Å²) < 4.78 is 47.2. The Bertz CT molecular complexity index is 1110. The second-order valence-electron chi connectivity index (χ2n) is 6.34. The third-order valence-electron chi connectivity index (χ3n) is 4.20. The molecule has 1 N–H and O–H groups in total. The summed E-state index contributed by atoms with van der Waals surface area (Å²) in [6, 6.07) is 8.04. The number of carbonyl (C=O) groups excluding carboxylic acids is 1. The number of hydrazone groups is 1. The number of ether oxygens (including phenoxy) is 4. The summed E-state index contributed by atoms with van der Waals surface area (Å²) in [5, 5.41) is 3.90. The van der Waals surface area contributed by atoms with E-state index >= 15 is 0 Å². The van der Waals surface area contributed by atoms with Crippen molar-refractivity contribution in [3.8, 4) is 23.0 Å². The fraction of sp³-hybridized carbons (Fsp3) is 0.300. The molecule has 0 saturated carbocycles. The van der Waals surface area contributed by atoms with Crippen molar-refractivity contribution < 1.29 is 32.2 Å². The largest absolute Gasteiger partial charge is 0.497 e. The normalized spacial score (nSPS) is 11.2. The van der Waals surface area contributed by atoms with Crippen LogP contribution in [-0.2, 0) is 14.8 Å². The van der Waals surface area contributed by atoms with E-state index in [1.807, 2.05) is 0 Å². The minimum atomic E-state index is -3.82. The van der Waals surface area contributed by atoms with Gasteiger partial charge >= 0.3 is 0 Å². The van der Waals surface area contributed by atoms with Gasteiger partial charge in [0.05, 0.1) is 51.1 Å². The van der Waals surface area contributed by atoms with Crippen LogP contribution in [0.4, 0.5) is 5.69 Å². The molecule has 0 aliphatic carbocycles. The van der Waals surface area contributed by atoms with Crippen LogP contribution in [0, 0.1) is 0 Å². The first-order valence-electron chi connectivity index (χ1n) is 9.07. The van der Waals surface area contributed by atoms with Crippen molar-refractivity contribution in [2.24, 2.45) is 5.10 Å². The highest BCUT2D eigenvalue weighted by Crippen LogP contribution is 2.36. The van der Waals surface area contributed by atoms with Gasteiger partial charge in [-0.2, -0.15) is 5.10 Å². The maximum Gasteiger partial charge on any atom is 0.260 e. The van der Waals surface area contributed by atoms with Crippen LogP contribution in [0.1, 0.15) is 5.56 Å². The van der Waals surface area contributed by atoms with Gasteiger partial charge in [-0.25, -0.2) is 13.8 Å². The van der Waals surface area contributed by atoms with E-state index in [4.69, 9.17) is 18.9 Å². The Balaban J connectivity index is 2.22. The zero-order valence-electron chi connectivity index (χ0n) is 18.2. The first-order chi connectivity index (χ1) is 15.1. The molecule has 0 heterocycles. The monoisotopic (exact) mass is 529 g/mol. The number of carbonyl (C=O) groups is 1. The van der Waals surface area contributed by atoms with E-state index in [0.29, 0.717) is 27.3 Å². The molecule has 2 aromatic rings. The van der Waals surface area contributed by atoms with E-state index in [2.05, 4.69) is 26.5 Å². The molecule has 0 aromatic heterocycles. The third kappa shape index (κ3) is 6.26. The molecule has 32 heavy (non-hydrogen) atoms. The highest BCUT2D eigenvalue weighted by Gasteiger charge is 2.24. The zero-order valence-corrected chi connectivity index (χ0v) is 20.6. The van der Waals surface area contributed by atoms with Gasteiger partial charge < -0.3 is 18.9 Å². The van der Waals surface area contributed by atoms with Crippen LogP contribution in [0.25, 0.3) is 0 Å². The summed E-state index contributed by atoms with van der Waals surface area (Å²) in [5.41, 5.74) is 3.10. The second kappa shape index (κ2) is 11.0. The molecule has 0 aliphatic rings. The van der Waals surface area contributed by atoms with Gasteiger partial charge in [0.1, 0.15) is 18.0 Å². The molecular formula is C20H24BrN3O7S. The van der Waals surface area contributed by atoms with Crippen molar-refractivity contribution in [2.45, 2.75) is 0 Å². The third-order valence-corrected chi connectivity index (χ3v) is 5.92. The Kier molecular flexibility index (Phi) is 8.72. The highest BCUT2D eigenvalue weighted by atomic mass is 79.9. The predicted octanol–water partition coefficient (Wildman–Crippen LogP) is 2.40. The van der Waals surface area contributed by atoms with Gasteiger partial charge in [0, 0.05) is 6.07 Å². The lowest BCUT2D eigenvalue weighted by atomic mass is 10.2. The van der Waals surface area contributed by atoms with Gasteiger partial charge in [-0.1, -0.05) is 0 Å². The molecular weight excluding hydrogens is 506 g/mol. The molecule has 174 valence electrons. The minimum absolute atomic E-state index is 0.164. The standard InChI is InChI=1S/C20H24BrN3O7S/c1-28-14-6-7-17(29-2)16(10-14)24(32(5,26)27)12-19(25)23-22-11-13-8-15(21)20(31-4)18(9-13)30-3/h6-11H,12H2,1-5H3,(H,23,25). The molecule has 0 aliphatic heterocycles. The van der Waals surface area contributed by atoms with Crippen LogP contribution in [0.15, 0.2) is 39.9 Å². The van der Waals surface area contributed by atoms with E-state index in [1.54, 1.807) is 24.3 Å². The van der Waals surface area contributed by atoms with Crippen LogP contribution >= 0.6 is 15.9 Å². The van der Waals surface area contributed by atoms with Crippen molar-refractivity contribution in [1.29, 1.82) is 0 Å². The molecule has 12 heteroatoms. The summed E-state index contributed by atoms with van der Waals surface area (Å²) in [5.74, 6) is 1.01. The van der Waals surface area contributed by atoms with Gasteiger partial charge in [-0.3, -0.25) is 9.10 Å². The minimum Gasteiger partial charge on any atom is -0.497 e. The number of halogens is 1. The molecule has 0 saturated heterocycles. The van der Waals surface area contributed by atoms with Crippen molar-refractivity contribution in [3.05, 3.63) is 40.4 Å². The first kappa shape index (κ1) is 25.3. The highest BCUT2D eigenvalue weighted by molar-refractivity contribution is 9.10. The van der Waals surface area contributed by atoms with Crippen molar-refractivity contribution in [1.82, 2.24) is 5.43 Å². The molecule has 0 spiro atoms. The maximum atomic E-state index is 12.5. The van der Waals surface area contributed by atoms with Crippen molar-refractivity contribution >= 4 is 43.8 Å². The van der Waals surface area contributed by atoms with Gasteiger partial charge in [-0.15, -0.1) is 0 Å². The van der Waals surface area contributed by atoms with Crippen LogP contribution in [0.5, 0.6) is 23.0 Å². The second-order valence-corrected chi connectivity index (χ2v) is 9.10. The van der Waals surface area contributed by atoms with Crippen molar-refractivity contribution in [3.63, 3.8) is 0 Å². The maximum absolute atomic E-state index is 12.5. The number of hydrogen-bond acceptors (Lipinski definition) is 8. The smallest absolute Gasteiger partial charge is 0.260 e. The molecule has 0 atom stereocenters. The Labute approximate surface area is 195 Å². The number of rotatable bonds is 10. The lowest BCUT2D eigenvalue weighted by molar-refractivity contribution is -0.119. The average Bonchev–Trinajstić information content (AvgIpc) is 2.75. The Hall–Kier alpha value is -2.99. The fourth-order valence-electron chi connectivity index (χ4n) is 2.73. The van der Waals surface area contributed by atoms with E-state index in [1.165, 1.54) is 40.7 Å². The molecule has 1 amide bonds. The summed E-state index contributed by atoms with van der Waals surface area (Å²) in [7, 11) is 2.04. The number of methoxy groups -OCH3 is 4. The number of sulfonamides is 1. The topological polar surface area (TPSA) is 116 Å². The first-order valence-corrected chi connectivity index (χ1v) is 11.7. The van der Waals surface area contributed by atoms with Gasteiger partial charge in [0.2, 0.25) is 10.0 Å². The fourth-order valence-corrected chi connectivity index (χ4v) is 4.20. The summed E-state index contributed by atoms with van der Waals surface area (Å²) in [4.78, 5) is 12.5. The predicted molar refractivity (Wildman–Crippen MR) is 125 cm³/mol. The van der Waals surface area contributed by atoms with E-state index in [0.717, 1.165) is 10.6 Å². The summed E-state index contributed by atoms with van der Waals surface area (Å²) in [6.45, 7) is -0.519. The molecule has 2 rings (SSSR count). The van der Waals surface area contributed by atoms with Crippen LogP contribution in [-0.4, -0.2) is 61.8 Å². The Morgan fingerprint density at radius 3 is 2.31 bits per heavy atom. The molecule has 0 bridgehead atoms. The average molecular weight is 530 g/mol. The van der Waals surface area contributed by atoms with Crippen LogP contribution < -0.4 is 28.7 Å². The number of nitrogens with zero attached hydrogens (tertiary/aromatic N) is 2. The summed E-state index contributed by atoms with van der Waals surface area (Å²) in [6.07, 6.45) is 2.38. The SMILES string of the molecule is COc1ccc(OC)c(N(CC(=O)NN=Cc2cc(Br)c(OC)c(OC)c2)S(C)(=O)=O)c1. The molecule has 2 aromatic carbocycles. The van der Waals surface area contributed by atoms with Crippen LogP contribution in [0.2, 0.25) is 0 Å². The Morgan fingerprint density at radius 1 is 1.06 bits per heavy atom. The Morgan fingerprint density at radius 2 is 1.75 bits per heavy atom. The van der Waals surface area contributed by atoms with Gasteiger partial charge in [0.25, 0.3) is 5.91 Å². The molecule has 0 radical (unpaired) electrons.